The Labute approximate surface area is 149 Å². The largest absolute Gasteiger partial charge is 0.347 e. The van der Waals surface area contributed by atoms with Crippen LogP contribution in [0.15, 0.2) is 24.3 Å². The predicted octanol–water partition coefficient (Wildman–Crippen LogP) is 2.21. The molecule has 25 heavy (non-hydrogen) atoms. The summed E-state index contributed by atoms with van der Waals surface area (Å²) in [5, 5.41) is 11.8. The van der Waals surface area contributed by atoms with Gasteiger partial charge in [-0.3, -0.25) is 4.79 Å². The number of nitrogens with one attached hydrogen (secondary N) is 1. The molecular weight excluding hydrogens is 314 g/mol. The van der Waals surface area contributed by atoms with Gasteiger partial charge in [0.25, 0.3) is 5.91 Å². The number of benzene rings is 1. The zero-order chi connectivity index (χ0) is 18.0. The van der Waals surface area contributed by atoms with Gasteiger partial charge in [0, 0.05) is 37.0 Å². The van der Waals surface area contributed by atoms with Gasteiger partial charge in [-0.15, -0.1) is 10.2 Å². The molecule has 0 aliphatic carbocycles. The maximum atomic E-state index is 12.8. The zero-order valence-corrected chi connectivity index (χ0v) is 15.5. The molecule has 2 aromatic rings. The molecule has 1 N–H and O–H groups in total. The summed E-state index contributed by atoms with van der Waals surface area (Å²) >= 11 is 0. The van der Waals surface area contributed by atoms with Crippen LogP contribution < -0.4 is 5.32 Å². The van der Waals surface area contributed by atoms with Crippen LogP contribution in [0.1, 0.15) is 53.8 Å². The minimum absolute atomic E-state index is 0.00470. The number of hydrogen-bond acceptors (Lipinski definition) is 4. The predicted molar refractivity (Wildman–Crippen MR) is 97.5 cm³/mol. The fourth-order valence-electron chi connectivity index (χ4n) is 3.38. The van der Waals surface area contributed by atoms with Crippen LogP contribution in [-0.2, 0) is 19.5 Å². The molecule has 0 saturated heterocycles. The first-order chi connectivity index (χ1) is 12.0. The normalized spacial score (nSPS) is 17.0. The molecule has 0 radical (unpaired) electrons. The van der Waals surface area contributed by atoms with Gasteiger partial charge < -0.3 is 14.8 Å². The molecule has 0 saturated carbocycles. The molecule has 1 amide bonds. The Bertz CT molecular complexity index is 750. The Hall–Kier alpha value is -2.21. The smallest absolute Gasteiger partial charge is 0.251 e. The maximum Gasteiger partial charge on any atom is 0.251 e. The highest BCUT2D eigenvalue weighted by atomic mass is 16.1. The summed E-state index contributed by atoms with van der Waals surface area (Å²) < 4.78 is 2.17. The number of aromatic nitrogens is 3. The average molecular weight is 341 g/mol. The van der Waals surface area contributed by atoms with Crippen LogP contribution >= 0.6 is 0 Å². The first-order valence-corrected chi connectivity index (χ1v) is 8.91. The second-order valence-corrected chi connectivity index (χ2v) is 7.34. The molecule has 134 valence electrons. The standard InChI is InChI=1S/C19H27N5O/c1-13(2)18-22-21-17-10-9-15(12-24(17)18)20-19(25)16-8-6-5-7-14(16)11-23(3)4/h5-8,13,15H,9-12H2,1-4H3,(H,20,25). The van der Waals surface area contributed by atoms with E-state index < -0.39 is 0 Å². The summed E-state index contributed by atoms with van der Waals surface area (Å²) in [7, 11) is 4.02. The van der Waals surface area contributed by atoms with Crippen molar-refractivity contribution in [2.45, 2.75) is 51.7 Å². The van der Waals surface area contributed by atoms with Crippen LogP contribution in [0.3, 0.4) is 0 Å². The second kappa shape index (κ2) is 7.35. The quantitative estimate of drug-likeness (QED) is 0.906. The molecule has 3 rings (SSSR count). The highest BCUT2D eigenvalue weighted by Crippen LogP contribution is 2.20. The van der Waals surface area contributed by atoms with Crippen molar-refractivity contribution in [2.75, 3.05) is 14.1 Å². The molecular formula is C19H27N5O. The average Bonchev–Trinajstić information content (AvgIpc) is 2.98. The molecule has 1 aromatic carbocycles. The van der Waals surface area contributed by atoms with E-state index in [1.165, 1.54) is 0 Å². The van der Waals surface area contributed by atoms with Gasteiger partial charge in [-0.2, -0.15) is 0 Å². The van der Waals surface area contributed by atoms with Gasteiger partial charge >= 0.3 is 0 Å². The third-order valence-corrected chi connectivity index (χ3v) is 4.58. The lowest BCUT2D eigenvalue weighted by Gasteiger charge is -2.26. The lowest BCUT2D eigenvalue weighted by molar-refractivity contribution is 0.0925. The Balaban J connectivity index is 1.73. The summed E-state index contributed by atoms with van der Waals surface area (Å²) in [4.78, 5) is 14.9. The van der Waals surface area contributed by atoms with Crippen LogP contribution in [0, 0.1) is 0 Å². The Morgan fingerprint density at radius 1 is 1.32 bits per heavy atom. The highest BCUT2D eigenvalue weighted by molar-refractivity contribution is 5.95. The number of fused-ring (bicyclic) bond motifs is 1. The minimum atomic E-state index is 0.00470. The van der Waals surface area contributed by atoms with Gasteiger partial charge in [0.1, 0.15) is 11.6 Å². The third kappa shape index (κ3) is 3.90. The molecule has 2 heterocycles. The van der Waals surface area contributed by atoms with E-state index in [-0.39, 0.29) is 11.9 Å². The first kappa shape index (κ1) is 17.6. The van der Waals surface area contributed by atoms with Crippen LogP contribution in [0.2, 0.25) is 0 Å². The van der Waals surface area contributed by atoms with Gasteiger partial charge in [-0.05, 0) is 32.1 Å². The number of hydrogen-bond donors (Lipinski definition) is 1. The maximum absolute atomic E-state index is 12.8. The molecule has 6 heteroatoms. The topological polar surface area (TPSA) is 63.1 Å². The van der Waals surface area contributed by atoms with Crippen LogP contribution in [0.4, 0.5) is 0 Å². The van der Waals surface area contributed by atoms with Crippen molar-refractivity contribution in [3.8, 4) is 0 Å². The van der Waals surface area contributed by atoms with Gasteiger partial charge in [-0.25, -0.2) is 0 Å². The summed E-state index contributed by atoms with van der Waals surface area (Å²) in [5.41, 5.74) is 1.81. The van der Waals surface area contributed by atoms with Crippen molar-refractivity contribution in [1.29, 1.82) is 0 Å². The van der Waals surface area contributed by atoms with E-state index >= 15 is 0 Å². The van der Waals surface area contributed by atoms with E-state index in [9.17, 15) is 4.79 Å². The van der Waals surface area contributed by atoms with E-state index in [1.54, 1.807) is 0 Å². The Kier molecular flexibility index (Phi) is 5.18. The van der Waals surface area contributed by atoms with Crippen LogP contribution in [-0.4, -0.2) is 45.7 Å². The van der Waals surface area contributed by atoms with Gasteiger partial charge in [0.15, 0.2) is 0 Å². The second-order valence-electron chi connectivity index (χ2n) is 7.34. The number of carbonyl (C=O) groups is 1. The Morgan fingerprint density at radius 3 is 2.80 bits per heavy atom. The molecule has 1 atom stereocenters. The molecule has 1 aliphatic rings. The van der Waals surface area contributed by atoms with Crippen LogP contribution in [0.25, 0.3) is 0 Å². The van der Waals surface area contributed by atoms with Gasteiger partial charge in [0.05, 0.1) is 0 Å². The van der Waals surface area contributed by atoms with Crippen LogP contribution in [0.5, 0.6) is 0 Å². The molecule has 1 aromatic heterocycles. The van der Waals surface area contributed by atoms with E-state index in [4.69, 9.17) is 0 Å². The van der Waals surface area contributed by atoms with E-state index in [0.29, 0.717) is 5.92 Å². The lowest BCUT2D eigenvalue weighted by atomic mass is 10.0. The van der Waals surface area contributed by atoms with E-state index in [0.717, 1.165) is 48.7 Å². The molecule has 0 spiro atoms. The summed E-state index contributed by atoms with van der Waals surface area (Å²) in [6.45, 7) is 5.74. The van der Waals surface area contributed by atoms with Crippen molar-refractivity contribution < 1.29 is 4.79 Å². The molecule has 1 aliphatic heterocycles. The monoisotopic (exact) mass is 341 g/mol. The summed E-state index contributed by atoms with van der Waals surface area (Å²) in [6.07, 6.45) is 1.75. The lowest BCUT2D eigenvalue weighted by Crippen LogP contribution is -2.41. The fraction of sp³-hybridized carbons (Fsp3) is 0.526. The van der Waals surface area contributed by atoms with Crippen molar-refractivity contribution in [1.82, 2.24) is 25.0 Å². The first-order valence-electron chi connectivity index (χ1n) is 8.91. The van der Waals surface area contributed by atoms with E-state index in [1.807, 2.05) is 38.4 Å². The third-order valence-electron chi connectivity index (χ3n) is 4.58. The summed E-state index contributed by atoms with van der Waals surface area (Å²) in [6, 6.07) is 7.93. The molecule has 0 fully saturated rings. The Morgan fingerprint density at radius 2 is 2.08 bits per heavy atom. The number of amides is 1. The van der Waals surface area contributed by atoms with E-state index in [2.05, 4.69) is 38.8 Å². The van der Waals surface area contributed by atoms with Gasteiger partial charge in [-0.1, -0.05) is 32.0 Å². The highest BCUT2D eigenvalue weighted by Gasteiger charge is 2.25. The fourth-order valence-corrected chi connectivity index (χ4v) is 3.38. The number of aryl methyl sites for hydroxylation is 1. The number of nitrogens with zero attached hydrogens (tertiary/aromatic N) is 4. The van der Waals surface area contributed by atoms with Crippen molar-refractivity contribution in [2.24, 2.45) is 0 Å². The summed E-state index contributed by atoms with van der Waals surface area (Å²) in [5.74, 6) is 2.37. The minimum Gasteiger partial charge on any atom is -0.347 e. The number of rotatable bonds is 5. The molecule has 0 bridgehead atoms. The van der Waals surface area contributed by atoms with Crippen molar-refractivity contribution in [3.63, 3.8) is 0 Å². The SMILES string of the molecule is CC(C)c1nnc2n1CC(NC(=O)c1ccccc1CN(C)C)CC2. The zero-order valence-electron chi connectivity index (χ0n) is 15.5. The number of carbonyl (C=O) groups excluding carboxylic acids is 1. The van der Waals surface area contributed by atoms with Gasteiger partial charge in [0.2, 0.25) is 0 Å². The van der Waals surface area contributed by atoms with Crippen molar-refractivity contribution in [3.05, 3.63) is 47.0 Å². The molecule has 6 nitrogen and oxygen atoms in total. The molecule has 1 unspecified atom stereocenters. The van der Waals surface area contributed by atoms with Crippen molar-refractivity contribution >= 4 is 5.91 Å².